The zero-order valence-corrected chi connectivity index (χ0v) is 14.5. The highest BCUT2D eigenvalue weighted by atomic mass is 19.3. The number of hydrogen-bond donors (Lipinski definition) is 1. The van der Waals surface area contributed by atoms with E-state index in [2.05, 4.69) is 11.4 Å². The Morgan fingerprint density at radius 3 is 2.63 bits per heavy atom. The van der Waals surface area contributed by atoms with Gasteiger partial charge < -0.3 is 14.8 Å². The van der Waals surface area contributed by atoms with Crippen LogP contribution in [0.1, 0.15) is 23.6 Å². The van der Waals surface area contributed by atoms with Crippen LogP contribution in [-0.2, 0) is 21.9 Å². The van der Waals surface area contributed by atoms with Crippen molar-refractivity contribution in [3.8, 4) is 22.9 Å². The first-order chi connectivity index (χ1) is 12.9. The molecule has 1 saturated heterocycles. The lowest BCUT2D eigenvalue weighted by Gasteiger charge is -2.15. The van der Waals surface area contributed by atoms with E-state index in [1.807, 2.05) is 0 Å². The predicted octanol–water partition coefficient (Wildman–Crippen LogP) is 3.61. The molecule has 0 aliphatic carbocycles. The molecule has 1 atom stereocenters. The normalized spacial score (nSPS) is 17.6. The molecule has 1 fully saturated rings. The summed E-state index contributed by atoms with van der Waals surface area (Å²) in [5, 5.41) is 12.3. The zero-order valence-electron chi connectivity index (χ0n) is 14.5. The molecule has 0 saturated carbocycles. The van der Waals surface area contributed by atoms with Gasteiger partial charge >= 0.3 is 0 Å². The first-order valence-electron chi connectivity index (χ1n) is 8.52. The molecule has 2 aliphatic rings. The summed E-state index contributed by atoms with van der Waals surface area (Å²) in [5.41, 5.74) is 2.69. The molecule has 4 rings (SSSR count). The molecule has 2 heterocycles. The number of nitriles is 1. The van der Waals surface area contributed by atoms with Crippen LogP contribution < -0.4 is 10.1 Å². The monoisotopic (exact) mass is 370 g/mol. The van der Waals surface area contributed by atoms with E-state index in [-0.39, 0.29) is 11.5 Å². The summed E-state index contributed by atoms with van der Waals surface area (Å²) in [6, 6.07) is 9.70. The Labute approximate surface area is 154 Å². The number of nitrogens with one attached hydrogen (secondary N) is 1. The Balaban J connectivity index is 1.79. The van der Waals surface area contributed by atoms with Crippen molar-refractivity contribution in [3.63, 3.8) is 0 Å². The SMILES string of the molecule is CC(F)(F)c1ccc(-c2cc(NC(=O)[C@H]3CO3)c(C#N)c3c2OCC3)cc1. The third-order valence-corrected chi connectivity index (χ3v) is 4.68. The van der Waals surface area contributed by atoms with Crippen LogP contribution in [-0.4, -0.2) is 25.2 Å². The molecule has 5 nitrogen and oxygen atoms in total. The second kappa shape index (κ2) is 6.32. The minimum atomic E-state index is -2.93. The Kier molecular flexibility index (Phi) is 4.08. The number of alkyl halides is 2. The minimum absolute atomic E-state index is 0.0862. The van der Waals surface area contributed by atoms with Gasteiger partial charge in [-0.2, -0.15) is 5.26 Å². The van der Waals surface area contributed by atoms with Crippen molar-refractivity contribution in [2.45, 2.75) is 25.4 Å². The van der Waals surface area contributed by atoms with Crippen molar-refractivity contribution in [1.82, 2.24) is 0 Å². The van der Waals surface area contributed by atoms with Crippen molar-refractivity contribution in [1.29, 1.82) is 5.26 Å². The standard InChI is InChI=1S/C20H16F2N2O3/c1-20(21,22)12-4-2-11(3-5-12)14-8-16(24-19(25)17-10-27-17)15(9-23)13-6-7-26-18(13)14/h2-5,8,17H,6-7,10H2,1H3,(H,24,25)/t17-/m1/s1. The lowest BCUT2D eigenvalue weighted by molar-refractivity contribution is -0.117. The van der Waals surface area contributed by atoms with Gasteiger partial charge in [-0.25, -0.2) is 8.78 Å². The molecular formula is C20H16F2N2O3. The number of benzene rings is 2. The fourth-order valence-corrected chi connectivity index (χ4v) is 3.18. The molecule has 0 bridgehead atoms. The maximum atomic E-state index is 13.5. The van der Waals surface area contributed by atoms with Crippen LogP contribution in [0.2, 0.25) is 0 Å². The van der Waals surface area contributed by atoms with Gasteiger partial charge in [0.1, 0.15) is 11.8 Å². The quantitative estimate of drug-likeness (QED) is 0.835. The number of rotatable bonds is 4. The minimum Gasteiger partial charge on any atom is -0.492 e. The van der Waals surface area contributed by atoms with Crippen molar-refractivity contribution < 1.29 is 23.0 Å². The Bertz CT molecular complexity index is 955. The van der Waals surface area contributed by atoms with Gasteiger partial charge in [0, 0.05) is 30.0 Å². The smallest absolute Gasteiger partial charge is 0.270 e. The third kappa shape index (κ3) is 3.24. The molecule has 1 amide bonds. The molecule has 2 aromatic rings. The highest BCUT2D eigenvalue weighted by Gasteiger charge is 2.33. The van der Waals surface area contributed by atoms with Gasteiger partial charge in [-0.05, 0) is 11.6 Å². The molecule has 138 valence electrons. The van der Waals surface area contributed by atoms with Gasteiger partial charge in [0.05, 0.1) is 24.5 Å². The van der Waals surface area contributed by atoms with E-state index in [9.17, 15) is 18.8 Å². The number of carbonyl (C=O) groups is 1. The Hall–Kier alpha value is -2.98. The van der Waals surface area contributed by atoms with Gasteiger partial charge in [-0.15, -0.1) is 0 Å². The highest BCUT2D eigenvalue weighted by molar-refractivity contribution is 5.98. The van der Waals surface area contributed by atoms with Crippen molar-refractivity contribution in [3.05, 3.63) is 47.0 Å². The second-order valence-corrected chi connectivity index (χ2v) is 6.64. The fourth-order valence-electron chi connectivity index (χ4n) is 3.18. The summed E-state index contributed by atoms with van der Waals surface area (Å²) in [4.78, 5) is 12.1. The molecule has 0 spiro atoms. The van der Waals surface area contributed by atoms with Crippen LogP contribution in [0.15, 0.2) is 30.3 Å². The number of nitrogens with zero attached hydrogens (tertiary/aromatic N) is 1. The van der Waals surface area contributed by atoms with Crippen LogP contribution in [0.4, 0.5) is 14.5 Å². The lowest BCUT2D eigenvalue weighted by atomic mass is 9.94. The molecule has 0 aromatic heterocycles. The van der Waals surface area contributed by atoms with E-state index < -0.39 is 12.0 Å². The summed E-state index contributed by atoms with van der Waals surface area (Å²) in [6.45, 7) is 1.63. The molecule has 27 heavy (non-hydrogen) atoms. The second-order valence-electron chi connectivity index (χ2n) is 6.64. The van der Waals surface area contributed by atoms with Gasteiger partial charge in [0.25, 0.3) is 11.8 Å². The number of halogens is 2. The fraction of sp³-hybridized carbons (Fsp3) is 0.300. The number of ether oxygens (including phenoxy) is 2. The van der Waals surface area contributed by atoms with Crippen molar-refractivity contribution >= 4 is 11.6 Å². The number of amides is 1. The average Bonchev–Trinajstić information content (AvgIpc) is 3.38. The molecule has 1 N–H and O–H groups in total. The summed E-state index contributed by atoms with van der Waals surface area (Å²) in [7, 11) is 0. The zero-order chi connectivity index (χ0) is 19.2. The number of anilines is 1. The maximum absolute atomic E-state index is 13.5. The van der Waals surface area contributed by atoms with E-state index in [0.29, 0.717) is 53.3 Å². The molecule has 2 aromatic carbocycles. The topological polar surface area (TPSA) is 74.7 Å². The Morgan fingerprint density at radius 1 is 1.33 bits per heavy atom. The number of fused-ring (bicyclic) bond motifs is 1. The van der Waals surface area contributed by atoms with Gasteiger partial charge in [0.2, 0.25) is 0 Å². The van der Waals surface area contributed by atoms with Crippen LogP contribution >= 0.6 is 0 Å². The van der Waals surface area contributed by atoms with Crippen LogP contribution in [0.5, 0.6) is 5.75 Å². The maximum Gasteiger partial charge on any atom is 0.270 e. The molecule has 0 radical (unpaired) electrons. The van der Waals surface area contributed by atoms with Crippen LogP contribution in [0, 0.1) is 11.3 Å². The van der Waals surface area contributed by atoms with E-state index in [0.717, 1.165) is 6.92 Å². The summed E-state index contributed by atoms with van der Waals surface area (Å²) < 4.78 is 37.6. The van der Waals surface area contributed by atoms with Crippen molar-refractivity contribution in [2.24, 2.45) is 0 Å². The van der Waals surface area contributed by atoms with E-state index in [4.69, 9.17) is 9.47 Å². The Morgan fingerprint density at radius 2 is 2.04 bits per heavy atom. The first kappa shape index (κ1) is 17.4. The molecule has 7 heteroatoms. The van der Waals surface area contributed by atoms with Gasteiger partial charge in [-0.1, -0.05) is 24.3 Å². The third-order valence-electron chi connectivity index (χ3n) is 4.68. The predicted molar refractivity (Wildman–Crippen MR) is 93.7 cm³/mol. The van der Waals surface area contributed by atoms with Gasteiger partial charge in [0.15, 0.2) is 6.10 Å². The lowest BCUT2D eigenvalue weighted by Crippen LogP contribution is -2.19. The number of hydrogen-bond acceptors (Lipinski definition) is 4. The van der Waals surface area contributed by atoms with E-state index >= 15 is 0 Å². The number of epoxide rings is 1. The molecule has 2 aliphatic heterocycles. The van der Waals surface area contributed by atoms with Gasteiger partial charge in [-0.3, -0.25) is 4.79 Å². The van der Waals surface area contributed by atoms with Crippen LogP contribution in [0.3, 0.4) is 0 Å². The molecule has 0 unspecified atom stereocenters. The van der Waals surface area contributed by atoms with E-state index in [1.165, 1.54) is 12.1 Å². The summed E-state index contributed by atoms with van der Waals surface area (Å²) >= 11 is 0. The largest absolute Gasteiger partial charge is 0.492 e. The van der Waals surface area contributed by atoms with Crippen LogP contribution in [0.25, 0.3) is 11.1 Å². The number of carbonyl (C=O) groups excluding carboxylic acids is 1. The summed E-state index contributed by atoms with van der Waals surface area (Å²) in [5.74, 6) is -2.68. The molecular weight excluding hydrogens is 354 g/mol. The van der Waals surface area contributed by atoms with Crippen molar-refractivity contribution in [2.75, 3.05) is 18.5 Å². The summed E-state index contributed by atoms with van der Waals surface area (Å²) in [6.07, 6.45) is 0.0514. The first-order valence-corrected chi connectivity index (χ1v) is 8.52. The highest BCUT2D eigenvalue weighted by Crippen LogP contribution is 2.43. The average molecular weight is 370 g/mol. The van der Waals surface area contributed by atoms with E-state index in [1.54, 1.807) is 18.2 Å².